The smallest absolute Gasteiger partial charge is 0.303 e. The highest BCUT2D eigenvalue weighted by molar-refractivity contribution is 6.30. The lowest BCUT2D eigenvalue weighted by Gasteiger charge is -2.39. The molecule has 2 atom stereocenters. The van der Waals surface area contributed by atoms with Gasteiger partial charge in [-0.2, -0.15) is 0 Å². The number of rotatable bonds is 9. The number of hydrogen-bond donors (Lipinski definition) is 3. The normalized spacial score (nSPS) is 16.4. The first-order chi connectivity index (χ1) is 18.2. The van der Waals surface area contributed by atoms with E-state index in [2.05, 4.69) is 10.6 Å². The van der Waals surface area contributed by atoms with Gasteiger partial charge in [0.15, 0.2) is 0 Å². The van der Waals surface area contributed by atoms with Crippen molar-refractivity contribution in [2.75, 3.05) is 15.5 Å². The molecule has 198 valence electrons. The molecule has 0 spiro atoms. The fourth-order valence-electron chi connectivity index (χ4n) is 4.93. The molecular formula is C30H32ClN3O4. The monoisotopic (exact) mass is 533 g/mol. The number of anilines is 3. The summed E-state index contributed by atoms with van der Waals surface area (Å²) in [5, 5.41) is 15.9. The molecule has 7 nitrogen and oxygen atoms in total. The predicted octanol–water partition coefficient (Wildman–Crippen LogP) is 6.69. The SMILES string of the molecule is CC(=O)N1c2ccc(C(=O)Nc3ccc(CCCCC(=O)O)cc3)cc2[C@H](Nc2ccc(Cl)cc2)C[C@@H]1C. The van der Waals surface area contributed by atoms with Crippen LogP contribution >= 0.6 is 11.6 Å². The second-order valence-electron chi connectivity index (χ2n) is 9.70. The molecule has 0 bridgehead atoms. The van der Waals surface area contributed by atoms with Crippen LogP contribution in [0.4, 0.5) is 17.1 Å². The number of carbonyl (C=O) groups excluding carboxylic acids is 2. The van der Waals surface area contributed by atoms with Crippen LogP contribution in [0.5, 0.6) is 0 Å². The van der Waals surface area contributed by atoms with Crippen LogP contribution in [-0.4, -0.2) is 28.9 Å². The van der Waals surface area contributed by atoms with Crippen LogP contribution in [0.3, 0.4) is 0 Å². The van der Waals surface area contributed by atoms with E-state index in [4.69, 9.17) is 16.7 Å². The van der Waals surface area contributed by atoms with Crippen LogP contribution in [-0.2, 0) is 16.0 Å². The quantitative estimate of drug-likeness (QED) is 0.266. The highest BCUT2D eigenvalue weighted by Gasteiger charge is 2.33. The van der Waals surface area contributed by atoms with Gasteiger partial charge in [-0.1, -0.05) is 23.7 Å². The molecule has 0 saturated heterocycles. The van der Waals surface area contributed by atoms with Gasteiger partial charge in [-0.15, -0.1) is 0 Å². The van der Waals surface area contributed by atoms with Gasteiger partial charge in [-0.3, -0.25) is 14.4 Å². The molecule has 1 aliphatic heterocycles. The lowest BCUT2D eigenvalue weighted by molar-refractivity contribution is -0.137. The number of halogens is 1. The lowest BCUT2D eigenvalue weighted by atomic mass is 9.90. The minimum Gasteiger partial charge on any atom is -0.481 e. The van der Waals surface area contributed by atoms with Gasteiger partial charge in [0.1, 0.15) is 0 Å². The second-order valence-corrected chi connectivity index (χ2v) is 10.1. The maximum atomic E-state index is 13.2. The number of aryl methyl sites for hydroxylation is 1. The minimum absolute atomic E-state index is 0.00730. The van der Waals surface area contributed by atoms with Crippen molar-refractivity contribution in [3.63, 3.8) is 0 Å². The molecule has 0 fully saturated rings. The first-order valence-corrected chi connectivity index (χ1v) is 13.2. The van der Waals surface area contributed by atoms with Gasteiger partial charge < -0.3 is 20.6 Å². The van der Waals surface area contributed by atoms with E-state index >= 15 is 0 Å². The Hall–Kier alpha value is -3.84. The zero-order valence-corrected chi connectivity index (χ0v) is 22.3. The van der Waals surface area contributed by atoms with E-state index in [0.717, 1.165) is 35.3 Å². The van der Waals surface area contributed by atoms with Gasteiger partial charge in [0.05, 0.1) is 6.04 Å². The van der Waals surface area contributed by atoms with Crippen molar-refractivity contribution in [3.8, 4) is 0 Å². The molecule has 3 aromatic rings. The van der Waals surface area contributed by atoms with Gasteiger partial charge in [0.2, 0.25) is 5.91 Å². The lowest BCUT2D eigenvalue weighted by Crippen LogP contribution is -2.43. The molecule has 0 radical (unpaired) electrons. The molecule has 0 saturated carbocycles. The van der Waals surface area contributed by atoms with E-state index in [-0.39, 0.29) is 30.3 Å². The van der Waals surface area contributed by atoms with Crippen molar-refractivity contribution in [1.29, 1.82) is 0 Å². The second kappa shape index (κ2) is 12.1. The Morgan fingerprint density at radius 3 is 2.32 bits per heavy atom. The largest absolute Gasteiger partial charge is 0.481 e. The summed E-state index contributed by atoms with van der Waals surface area (Å²) in [5.41, 5.74) is 4.87. The highest BCUT2D eigenvalue weighted by Crippen LogP contribution is 2.40. The number of aliphatic carboxylic acids is 1. The number of fused-ring (bicyclic) bond motifs is 1. The van der Waals surface area contributed by atoms with E-state index in [0.29, 0.717) is 29.1 Å². The van der Waals surface area contributed by atoms with Gasteiger partial charge in [-0.05, 0) is 98.3 Å². The molecule has 1 aliphatic rings. The molecule has 2 amide bonds. The summed E-state index contributed by atoms with van der Waals surface area (Å²) in [7, 11) is 0. The maximum Gasteiger partial charge on any atom is 0.303 e. The number of nitrogens with one attached hydrogen (secondary N) is 2. The fraction of sp³-hybridized carbons (Fsp3) is 0.300. The number of carbonyl (C=O) groups is 3. The molecule has 3 aromatic carbocycles. The zero-order valence-electron chi connectivity index (χ0n) is 21.5. The van der Waals surface area contributed by atoms with Crippen LogP contribution in [0.1, 0.15) is 67.1 Å². The molecule has 1 heterocycles. The Bertz CT molecular complexity index is 1310. The Kier molecular flexibility index (Phi) is 8.69. The third-order valence-corrected chi connectivity index (χ3v) is 7.04. The molecule has 4 rings (SSSR count). The summed E-state index contributed by atoms with van der Waals surface area (Å²) in [4.78, 5) is 38.1. The number of unbranched alkanes of at least 4 members (excludes halogenated alkanes) is 1. The molecule has 0 unspecified atom stereocenters. The van der Waals surface area contributed by atoms with Crippen LogP contribution in [0.2, 0.25) is 5.02 Å². The van der Waals surface area contributed by atoms with E-state index in [1.54, 1.807) is 17.9 Å². The van der Waals surface area contributed by atoms with Crippen LogP contribution in [0.25, 0.3) is 0 Å². The van der Waals surface area contributed by atoms with E-state index in [9.17, 15) is 14.4 Å². The topological polar surface area (TPSA) is 98.7 Å². The van der Waals surface area contributed by atoms with Crippen LogP contribution in [0, 0.1) is 0 Å². The number of amides is 2. The number of carboxylic acid groups (broad SMARTS) is 1. The number of hydrogen-bond acceptors (Lipinski definition) is 4. The van der Waals surface area contributed by atoms with Crippen LogP contribution in [0.15, 0.2) is 66.7 Å². The average Bonchev–Trinajstić information content (AvgIpc) is 2.88. The Morgan fingerprint density at radius 2 is 1.66 bits per heavy atom. The summed E-state index contributed by atoms with van der Waals surface area (Å²) in [6, 6.07) is 20.4. The third-order valence-electron chi connectivity index (χ3n) is 6.78. The molecule has 8 heteroatoms. The summed E-state index contributed by atoms with van der Waals surface area (Å²) in [5.74, 6) is -1.05. The molecule has 0 aliphatic carbocycles. The van der Waals surface area contributed by atoms with E-state index < -0.39 is 5.97 Å². The summed E-state index contributed by atoms with van der Waals surface area (Å²) in [6.45, 7) is 3.58. The summed E-state index contributed by atoms with van der Waals surface area (Å²) >= 11 is 6.05. The molecule has 38 heavy (non-hydrogen) atoms. The number of nitrogens with zero attached hydrogens (tertiary/aromatic N) is 1. The molecule has 0 aromatic heterocycles. The van der Waals surface area contributed by atoms with Crippen molar-refractivity contribution in [2.45, 2.75) is 58.0 Å². The molecular weight excluding hydrogens is 502 g/mol. The Labute approximate surface area is 227 Å². The first kappa shape index (κ1) is 27.2. The summed E-state index contributed by atoms with van der Waals surface area (Å²) < 4.78 is 0. The highest BCUT2D eigenvalue weighted by atomic mass is 35.5. The van der Waals surface area contributed by atoms with Crippen molar-refractivity contribution in [1.82, 2.24) is 0 Å². The zero-order chi connectivity index (χ0) is 27.2. The maximum absolute atomic E-state index is 13.2. The van der Waals surface area contributed by atoms with Crippen molar-refractivity contribution < 1.29 is 19.5 Å². The Morgan fingerprint density at radius 1 is 0.974 bits per heavy atom. The van der Waals surface area contributed by atoms with Gasteiger partial charge in [-0.25, -0.2) is 0 Å². The third kappa shape index (κ3) is 6.72. The van der Waals surface area contributed by atoms with Gasteiger partial charge >= 0.3 is 5.97 Å². The first-order valence-electron chi connectivity index (χ1n) is 12.8. The minimum atomic E-state index is -0.777. The molecule has 3 N–H and O–H groups in total. The Balaban J connectivity index is 1.51. The predicted molar refractivity (Wildman–Crippen MR) is 151 cm³/mol. The average molecular weight is 534 g/mol. The van der Waals surface area contributed by atoms with Gasteiger partial charge in [0, 0.05) is 47.0 Å². The van der Waals surface area contributed by atoms with Crippen LogP contribution < -0.4 is 15.5 Å². The van der Waals surface area contributed by atoms with Gasteiger partial charge in [0.25, 0.3) is 5.91 Å². The van der Waals surface area contributed by atoms with Crippen molar-refractivity contribution in [2.24, 2.45) is 0 Å². The number of benzene rings is 3. The van der Waals surface area contributed by atoms with Crippen molar-refractivity contribution in [3.05, 3.63) is 88.4 Å². The number of carboxylic acids is 1. The summed E-state index contributed by atoms with van der Waals surface area (Å²) in [6.07, 6.45) is 3.09. The fourth-order valence-corrected chi connectivity index (χ4v) is 5.06. The van der Waals surface area contributed by atoms with E-state index in [1.165, 1.54) is 0 Å². The standard InChI is InChI=1S/C30H32ClN3O4/c1-19-17-27(32-24-14-10-23(31)11-15-24)26-18-22(9-16-28(26)34(19)20(2)35)30(38)33-25-12-7-21(8-13-25)5-3-4-6-29(36)37/h7-16,18-19,27,32H,3-6,17H2,1-2H3,(H,33,38)(H,36,37)/t19-,27+/m0/s1. The van der Waals surface area contributed by atoms with E-state index in [1.807, 2.05) is 67.6 Å². The van der Waals surface area contributed by atoms with Crippen molar-refractivity contribution >= 4 is 46.4 Å².